The summed E-state index contributed by atoms with van der Waals surface area (Å²) in [6.45, 7) is 0.265. The van der Waals surface area contributed by atoms with Gasteiger partial charge in [0.15, 0.2) is 0 Å². The molecule has 1 heterocycles. The molecule has 0 saturated carbocycles. The van der Waals surface area contributed by atoms with E-state index in [4.69, 9.17) is 11.2 Å². The topological polar surface area (TPSA) is 29.5 Å². The van der Waals surface area contributed by atoms with Gasteiger partial charge < -0.3 is 9.64 Å². The first kappa shape index (κ1) is 14.0. The number of likely N-dealkylation sites (N-methyl/N-ethyl adjacent to an activating group) is 1. The fraction of sp³-hybridized carbons (Fsp3) is 0.105. The van der Waals surface area contributed by atoms with E-state index in [2.05, 4.69) is 5.92 Å². The van der Waals surface area contributed by atoms with Crippen molar-refractivity contribution >= 4 is 17.6 Å². The first-order valence-electron chi connectivity index (χ1n) is 6.97. The van der Waals surface area contributed by atoms with E-state index in [1.165, 1.54) is 4.90 Å². The summed E-state index contributed by atoms with van der Waals surface area (Å²) in [5.41, 5.74) is 2.22. The van der Waals surface area contributed by atoms with Crippen LogP contribution in [0.1, 0.15) is 11.1 Å². The van der Waals surface area contributed by atoms with E-state index in [0.29, 0.717) is 11.3 Å². The van der Waals surface area contributed by atoms with Crippen LogP contribution in [0.15, 0.2) is 48.5 Å². The molecule has 0 radical (unpaired) electrons. The van der Waals surface area contributed by atoms with E-state index in [0.717, 1.165) is 16.9 Å². The van der Waals surface area contributed by atoms with Gasteiger partial charge in [0.25, 0.3) is 5.91 Å². The molecule has 0 aromatic heterocycles. The summed E-state index contributed by atoms with van der Waals surface area (Å²) in [7, 11) is 1.70. The van der Waals surface area contributed by atoms with Crippen molar-refractivity contribution in [2.75, 3.05) is 13.6 Å². The zero-order valence-electron chi connectivity index (χ0n) is 12.2. The van der Waals surface area contributed by atoms with Crippen LogP contribution < -0.4 is 4.74 Å². The van der Waals surface area contributed by atoms with Gasteiger partial charge in [-0.1, -0.05) is 42.3 Å². The Hall–Kier alpha value is -2.99. The molecule has 3 rings (SSSR count). The Morgan fingerprint density at radius 1 is 1.14 bits per heavy atom. The number of hydrogen-bond donors (Lipinski definition) is 0. The van der Waals surface area contributed by atoms with Gasteiger partial charge in [0.1, 0.15) is 11.5 Å². The van der Waals surface area contributed by atoms with Crippen LogP contribution in [0.4, 0.5) is 0 Å². The van der Waals surface area contributed by atoms with Crippen molar-refractivity contribution in [3.8, 4) is 23.8 Å². The molecule has 0 aliphatic carbocycles. The minimum atomic E-state index is -0.120. The predicted molar refractivity (Wildman–Crippen MR) is 87.3 cm³/mol. The predicted octanol–water partition coefficient (Wildman–Crippen LogP) is 3.42. The summed E-state index contributed by atoms with van der Waals surface area (Å²) in [6.07, 6.45) is 7.17. The average Bonchev–Trinajstić information content (AvgIpc) is 2.71. The van der Waals surface area contributed by atoms with E-state index in [9.17, 15) is 4.79 Å². The van der Waals surface area contributed by atoms with Crippen LogP contribution >= 0.6 is 0 Å². The second-order valence-corrected chi connectivity index (χ2v) is 5.06. The number of carbonyl (C=O) groups is 1. The average molecular weight is 289 g/mol. The maximum atomic E-state index is 12.7. The fourth-order valence-electron chi connectivity index (χ4n) is 2.41. The lowest BCUT2D eigenvalue weighted by Gasteiger charge is -2.17. The van der Waals surface area contributed by atoms with E-state index < -0.39 is 0 Å². The lowest BCUT2D eigenvalue weighted by Crippen LogP contribution is -2.27. The molecule has 0 unspecified atom stereocenters. The second-order valence-electron chi connectivity index (χ2n) is 5.06. The molecule has 3 nitrogen and oxygen atoms in total. The quantitative estimate of drug-likeness (QED) is 0.793. The lowest BCUT2D eigenvalue weighted by molar-refractivity contribution is -0.123. The van der Waals surface area contributed by atoms with Gasteiger partial charge in [-0.15, -0.1) is 6.42 Å². The molecule has 1 aliphatic rings. The van der Waals surface area contributed by atoms with Crippen molar-refractivity contribution in [2.24, 2.45) is 0 Å². The molecule has 0 atom stereocenters. The zero-order valence-corrected chi connectivity index (χ0v) is 12.2. The van der Waals surface area contributed by atoms with Crippen LogP contribution in [-0.4, -0.2) is 24.4 Å². The fourth-order valence-corrected chi connectivity index (χ4v) is 2.41. The summed E-state index contributed by atoms with van der Waals surface area (Å²) in [5, 5.41) is 0. The Labute approximate surface area is 129 Å². The number of carbonyl (C=O) groups excluding carboxylic acids is 1. The van der Waals surface area contributed by atoms with Gasteiger partial charge in [0.05, 0.1) is 12.1 Å². The third kappa shape index (κ3) is 2.47. The zero-order chi connectivity index (χ0) is 15.5. The third-order valence-corrected chi connectivity index (χ3v) is 3.52. The van der Waals surface area contributed by atoms with E-state index in [-0.39, 0.29) is 12.5 Å². The Bertz CT molecular complexity index is 799. The minimum absolute atomic E-state index is 0.120. The summed E-state index contributed by atoms with van der Waals surface area (Å²) >= 11 is 0. The van der Waals surface area contributed by atoms with Crippen molar-refractivity contribution in [2.45, 2.75) is 0 Å². The summed E-state index contributed by atoms with van der Waals surface area (Å²) < 4.78 is 5.96. The van der Waals surface area contributed by atoms with E-state index in [1.807, 2.05) is 54.6 Å². The molecule has 1 aliphatic heterocycles. The first-order chi connectivity index (χ1) is 10.7. The SMILES string of the molecule is C#CCN(C)C(=O)C1=Cc2ccccc2Oc2ccccc21. The molecule has 3 heteroatoms. The lowest BCUT2D eigenvalue weighted by atomic mass is 10.0. The molecule has 2 aromatic rings. The Morgan fingerprint density at radius 3 is 2.59 bits per heavy atom. The molecule has 0 saturated heterocycles. The summed E-state index contributed by atoms with van der Waals surface area (Å²) in [4.78, 5) is 14.2. The van der Waals surface area contributed by atoms with Gasteiger partial charge >= 0.3 is 0 Å². The molecule has 0 spiro atoms. The van der Waals surface area contributed by atoms with Crippen LogP contribution in [0.3, 0.4) is 0 Å². The van der Waals surface area contributed by atoms with Gasteiger partial charge in [-0.3, -0.25) is 4.79 Å². The number of ether oxygens (including phenoxy) is 1. The van der Waals surface area contributed by atoms with E-state index >= 15 is 0 Å². The minimum Gasteiger partial charge on any atom is -0.456 e. The highest BCUT2D eigenvalue weighted by Crippen LogP contribution is 2.38. The number of hydrogen-bond acceptors (Lipinski definition) is 2. The summed E-state index contributed by atoms with van der Waals surface area (Å²) in [6, 6.07) is 15.2. The molecule has 108 valence electrons. The number of benzene rings is 2. The highest BCUT2D eigenvalue weighted by molar-refractivity contribution is 6.25. The number of nitrogens with zero attached hydrogens (tertiary/aromatic N) is 1. The molecule has 0 N–H and O–H groups in total. The maximum absolute atomic E-state index is 12.7. The van der Waals surface area contributed by atoms with Crippen LogP contribution in [-0.2, 0) is 4.79 Å². The number of amides is 1. The van der Waals surface area contributed by atoms with Gasteiger partial charge in [-0.05, 0) is 18.2 Å². The number of para-hydroxylation sites is 2. The molecule has 2 aromatic carbocycles. The van der Waals surface area contributed by atoms with Crippen LogP contribution in [0.5, 0.6) is 11.5 Å². The van der Waals surface area contributed by atoms with Crippen molar-refractivity contribution in [3.63, 3.8) is 0 Å². The van der Waals surface area contributed by atoms with Crippen molar-refractivity contribution < 1.29 is 9.53 Å². The van der Waals surface area contributed by atoms with Crippen LogP contribution in [0.2, 0.25) is 0 Å². The van der Waals surface area contributed by atoms with Crippen LogP contribution in [0.25, 0.3) is 11.6 Å². The van der Waals surface area contributed by atoms with Crippen LogP contribution in [0, 0.1) is 12.3 Å². The van der Waals surface area contributed by atoms with Gasteiger partial charge in [0, 0.05) is 18.2 Å². The third-order valence-electron chi connectivity index (χ3n) is 3.52. The molecule has 0 fully saturated rings. The maximum Gasteiger partial charge on any atom is 0.255 e. The second kappa shape index (κ2) is 5.79. The first-order valence-corrected chi connectivity index (χ1v) is 6.97. The molecular weight excluding hydrogens is 274 g/mol. The number of terminal acetylenes is 1. The molecule has 22 heavy (non-hydrogen) atoms. The molecule has 1 amide bonds. The molecule has 0 bridgehead atoms. The largest absolute Gasteiger partial charge is 0.456 e. The van der Waals surface area contributed by atoms with Crippen molar-refractivity contribution in [1.29, 1.82) is 0 Å². The van der Waals surface area contributed by atoms with Crippen molar-refractivity contribution in [3.05, 3.63) is 59.7 Å². The smallest absolute Gasteiger partial charge is 0.255 e. The van der Waals surface area contributed by atoms with Gasteiger partial charge in [-0.25, -0.2) is 0 Å². The highest BCUT2D eigenvalue weighted by Gasteiger charge is 2.23. The summed E-state index contributed by atoms with van der Waals surface area (Å²) in [5.74, 6) is 3.77. The number of fused-ring (bicyclic) bond motifs is 2. The Balaban J connectivity index is 2.16. The Morgan fingerprint density at radius 2 is 1.82 bits per heavy atom. The van der Waals surface area contributed by atoms with Crippen molar-refractivity contribution in [1.82, 2.24) is 4.90 Å². The van der Waals surface area contributed by atoms with Gasteiger partial charge in [-0.2, -0.15) is 0 Å². The normalized spacial score (nSPS) is 11.9. The standard InChI is InChI=1S/C19H15NO2/c1-3-12-20(2)19(21)16-13-14-8-4-6-10-17(14)22-18-11-7-5-9-15(16)18/h1,4-11,13H,12H2,2H3. The van der Waals surface area contributed by atoms with Gasteiger partial charge in [0.2, 0.25) is 0 Å². The molecular formula is C19H15NO2. The monoisotopic (exact) mass is 289 g/mol. The van der Waals surface area contributed by atoms with E-state index in [1.54, 1.807) is 7.05 Å². The number of rotatable bonds is 2. The Kier molecular flexibility index (Phi) is 3.67. The highest BCUT2D eigenvalue weighted by atomic mass is 16.5.